The number of nitrogens with one attached hydrogen (secondary N) is 3. The highest BCUT2D eigenvalue weighted by molar-refractivity contribution is 5.79. The molecule has 1 saturated heterocycles. The Bertz CT molecular complexity index is 509. The second-order valence-electron chi connectivity index (χ2n) is 6.89. The summed E-state index contributed by atoms with van der Waals surface area (Å²) in [5, 5.41) is 10.7. The molecular weight excluding hydrogens is 300 g/mol. The zero-order valence-corrected chi connectivity index (χ0v) is 15.4. The van der Waals surface area contributed by atoms with E-state index in [4.69, 9.17) is 4.74 Å². The summed E-state index contributed by atoms with van der Waals surface area (Å²) >= 11 is 0. The van der Waals surface area contributed by atoms with Crippen molar-refractivity contribution in [1.82, 2.24) is 16.0 Å². The lowest BCUT2D eigenvalue weighted by atomic mass is 9.88. The lowest BCUT2D eigenvalue weighted by Gasteiger charge is -2.41. The molecule has 0 aliphatic carbocycles. The largest absolute Gasteiger partial charge is 0.381 e. The first-order valence-electron chi connectivity index (χ1n) is 8.92. The van der Waals surface area contributed by atoms with E-state index in [0.717, 1.165) is 38.6 Å². The van der Waals surface area contributed by atoms with E-state index < -0.39 is 0 Å². The number of ether oxygens (including phenoxy) is 1. The van der Waals surface area contributed by atoms with Gasteiger partial charge in [-0.2, -0.15) is 0 Å². The van der Waals surface area contributed by atoms with Crippen molar-refractivity contribution < 1.29 is 4.74 Å². The van der Waals surface area contributed by atoms with E-state index in [9.17, 15) is 0 Å². The average molecular weight is 332 g/mol. The van der Waals surface area contributed by atoms with Crippen molar-refractivity contribution in [3.8, 4) is 0 Å². The van der Waals surface area contributed by atoms with Crippen LogP contribution in [0.2, 0.25) is 0 Å². The number of guanidine groups is 1. The Labute approximate surface area is 146 Å². The molecule has 1 unspecified atom stereocenters. The van der Waals surface area contributed by atoms with Gasteiger partial charge in [0.05, 0.1) is 0 Å². The summed E-state index contributed by atoms with van der Waals surface area (Å²) in [7, 11) is 1.81. The molecule has 1 aliphatic rings. The van der Waals surface area contributed by atoms with E-state index in [2.05, 4.69) is 72.0 Å². The minimum Gasteiger partial charge on any atom is -0.381 e. The van der Waals surface area contributed by atoms with Gasteiger partial charge in [0.15, 0.2) is 5.96 Å². The maximum Gasteiger partial charge on any atom is 0.191 e. The predicted octanol–water partition coefficient (Wildman–Crippen LogP) is 2.46. The number of nitrogens with zero attached hydrogens (tertiary/aromatic N) is 1. The second-order valence-corrected chi connectivity index (χ2v) is 6.89. The van der Waals surface area contributed by atoms with E-state index >= 15 is 0 Å². The van der Waals surface area contributed by atoms with Crippen LogP contribution in [0, 0.1) is 0 Å². The average Bonchev–Trinajstić information content (AvgIpc) is 2.60. The standard InChI is InChI=1S/C19H32N4O/c1-15(2)22-18(20-4)21-14-19(10-12-24-13-11-19)23-16(3)17-8-6-5-7-9-17/h5-9,15-16,23H,10-14H2,1-4H3,(H2,20,21,22). The van der Waals surface area contributed by atoms with E-state index in [1.54, 1.807) is 0 Å². The number of rotatable bonds is 6. The van der Waals surface area contributed by atoms with Crippen molar-refractivity contribution in [3.63, 3.8) is 0 Å². The molecule has 3 N–H and O–H groups in total. The molecule has 1 aromatic rings. The van der Waals surface area contributed by atoms with Gasteiger partial charge in [-0.25, -0.2) is 0 Å². The quantitative estimate of drug-likeness (QED) is 0.553. The van der Waals surface area contributed by atoms with Gasteiger partial charge < -0.3 is 20.7 Å². The molecule has 24 heavy (non-hydrogen) atoms. The first-order valence-corrected chi connectivity index (χ1v) is 8.92. The monoisotopic (exact) mass is 332 g/mol. The fraction of sp³-hybridized carbons (Fsp3) is 0.632. The molecule has 5 nitrogen and oxygen atoms in total. The van der Waals surface area contributed by atoms with E-state index in [1.165, 1.54) is 5.56 Å². The van der Waals surface area contributed by atoms with Crippen molar-refractivity contribution in [3.05, 3.63) is 35.9 Å². The molecule has 1 aromatic carbocycles. The van der Waals surface area contributed by atoms with E-state index in [0.29, 0.717) is 12.1 Å². The van der Waals surface area contributed by atoms with Crippen LogP contribution >= 0.6 is 0 Å². The zero-order valence-electron chi connectivity index (χ0n) is 15.4. The van der Waals surface area contributed by atoms with Gasteiger partial charge in [-0.3, -0.25) is 4.99 Å². The van der Waals surface area contributed by atoms with Crippen LogP contribution in [0.5, 0.6) is 0 Å². The fourth-order valence-electron chi connectivity index (χ4n) is 3.14. The Morgan fingerprint density at radius 3 is 2.42 bits per heavy atom. The highest BCUT2D eigenvalue weighted by Crippen LogP contribution is 2.25. The summed E-state index contributed by atoms with van der Waals surface area (Å²) < 4.78 is 5.60. The van der Waals surface area contributed by atoms with Gasteiger partial charge >= 0.3 is 0 Å². The van der Waals surface area contributed by atoms with Crippen molar-refractivity contribution in [2.45, 2.75) is 51.2 Å². The number of hydrogen-bond donors (Lipinski definition) is 3. The molecular formula is C19H32N4O. The molecule has 1 atom stereocenters. The Kier molecular flexibility index (Phi) is 7.06. The lowest BCUT2D eigenvalue weighted by molar-refractivity contribution is 0.0354. The van der Waals surface area contributed by atoms with Crippen LogP contribution in [0.25, 0.3) is 0 Å². The fourth-order valence-corrected chi connectivity index (χ4v) is 3.14. The van der Waals surface area contributed by atoms with Crippen molar-refractivity contribution in [2.75, 3.05) is 26.8 Å². The molecule has 134 valence electrons. The van der Waals surface area contributed by atoms with Gasteiger partial charge in [0.1, 0.15) is 0 Å². The molecule has 0 saturated carbocycles. The van der Waals surface area contributed by atoms with E-state index in [1.807, 2.05) is 7.05 Å². The van der Waals surface area contributed by atoms with Gasteiger partial charge in [0, 0.05) is 44.4 Å². The smallest absolute Gasteiger partial charge is 0.191 e. The SMILES string of the molecule is CN=C(NCC1(NC(C)c2ccccc2)CCOCC1)NC(C)C. The van der Waals surface area contributed by atoms with Crippen LogP contribution in [0.3, 0.4) is 0 Å². The van der Waals surface area contributed by atoms with Crippen LogP contribution in [-0.2, 0) is 4.74 Å². The summed E-state index contributed by atoms with van der Waals surface area (Å²) in [5.74, 6) is 0.852. The van der Waals surface area contributed by atoms with Gasteiger partial charge in [-0.1, -0.05) is 30.3 Å². The molecule has 2 rings (SSSR count). The number of aliphatic imine (C=N–C) groups is 1. The van der Waals surface area contributed by atoms with Crippen molar-refractivity contribution in [1.29, 1.82) is 0 Å². The molecule has 0 amide bonds. The maximum atomic E-state index is 5.60. The third-order valence-corrected chi connectivity index (χ3v) is 4.52. The molecule has 0 radical (unpaired) electrons. The van der Waals surface area contributed by atoms with Crippen LogP contribution in [0.15, 0.2) is 35.3 Å². The number of benzene rings is 1. The third-order valence-electron chi connectivity index (χ3n) is 4.52. The first kappa shape index (κ1) is 18.7. The summed E-state index contributed by atoms with van der Waals surface area (Å²) in [4.78, 5) is 4.32. The normalized spacial score (nSPS) is 19.1. The highest BCUT2D eigenvalue weighted by atomic mass is 16.5. The van der Waals surface area contributed by atoms with Gasteiger partial charge in [0.25, 0.3) is 0 Å². The summed E-state index contributed by atoms with van der Waals surface area (Å²) in [6, 6.07) is 11.3. The molecule has 0 bridgehead atoms. The van der Waals surface area contributed by atoms with Gasteiger partial charge in [-0.05, 0) is 39.2 Å². The first-order chi connectivity index (χ1) is 11.5. The lowest BCUT2D eigenvalue weighted by Crippen LogP contribution is -2.58. The molecule has 0 aromatic heterocycles. The van der Waals surface area contributed by atoms with Crippen LogP contribution in [0.1, 0.15) is 45.2 Å². The highest BCUT2D eigenvalue weighted by Gasteiger charge is 2.34. The second kappa shape index (κ2) is 9.04. The summed E-state index contributed by atoms with van der Waals surface area (Å²) in [6.07, 6.45) is 1.99. The van der Waals surface area contributed by atoms with Crippen LogP contribution in [0.4, 0.5) is 0 Å². The van der Waals surface area contributed by atoms with E-state index in [-0.39, 0.29) is 5.54 Å². The molecule has 1 heterocycles. The Balaban J connectivity index is 2.03. The maximum absolute atomic E-state index is 5.60. The minimum absolute atomic E-state index is 0.0160. The Morgan fingerprint density at radius 2 is 1.83 bits per heavy atom. The van der Waals surface area contributed by atoms with Gasteiger partial charge in [-0.15, -0.1) is 0 Å². The van der Waals surface area contributed by atoms with Crippen LogP contribution < -0.4 is 16.0 Å². The van der Waals surface area contributed by atoms with Crippen molar-refractivity contribution >= 4 is 5.96 Å². The molecule has 1 aliphatic heterocycles. The zero-order chi connectivity index (χ0) is 17.4. The molecule has 0 spiro atoms. The third kappa shape index (κ3) is 5.49. The minimum atomic E-state index is 0.0160. The summed E-state index contributed by atoms with van der Waals surface area (Å²) in [5.41, 5.74) is 1.33. The number of hydrogen-bond acceptors (Lipinski definition) is 3. The predicted molar refractivity (Wildman–Crippen MR) is 100 cm³/mol. The Hall–Kier alpha value is -1.59. The van der Waals surface area contributed by atoms with Crippen LogP contribution in [-0.4, -0.2) is 44.3 Å². The molecule has 5 heteroatoms. The molecule has 1 fully saturated rings. The summed E-state index contributed by atoms with van der Waals surface area (Å²) in [6.45, 7) is 8.89. The van der Waals surface area contributed by atoms with Gasteiger partial charge in [0.2, 0.25) is 0 Å². The van der Waals surface area contributed by atoms with Crippen molar-refractivity contribution in [2.24, 2.45) is 4.99 Å². The Morgan fingerprint density at radius 1 is 1.17 bits per heavy atom. The topological polar surface area (TPSA) is 57.7 Å².